The molecule has 0 spiro atoms. The number of nitrogens with zero attached hydrogens (tertiary/aromatic N) is 3. The first kappa shape index (κ1) is 13.5. The Morgan fingerprint density at radius 1 is 1.09 bits per heavy atom. The van der Waals surface area contributed by atoms with Crippen LogP contribution in [0.1, 0.15) is 10.5 Å². The van der Waals surface area contributed by atoms with Crippen LogP contribution in [0.2, 0.25) is 0 Å². The third-order valence-corrected chi connectivity index (χ3v) is 2.87. The minimum Gasteiger partial charge on any atom is -0.364 e. The van der Waals surface area contributed by atoms with E-state index >= 15 is 0 Å². The minimum atomic E-state index is -0.644. The monoisotopic (exact) mass is 297 g/mol. The topological polar surface area (TPSA) is 139 Å². The number of primary amides is 1. The van der Waals surface area contributed by atoms with Crippen molar-refractivity contribution in [2.45, 2.75) is 0 Å². The summed E-state index contributed by atoms with van der Waals surface area (Å²) in [6.45, 7) is 0. The quantitative estimate of drug-likeness (QED) is 0.573. The maximum atomic E-state index is 11.9. The highest BCUT2D eigenvalue weighted by Crippen LogP contribution is 2.20. The van der Waals surface area contributed by atoms with Gasteiger partial charge in [-0.3, -0.25) is 9.89 Å². The number of H-pyrrole nitrogens is 1. The van der Waals surface area contributed by atoms with E-state index in [1.165, 1.54) is 18.7 Å². The molecular weight excluding hydrogens is 286 g/mol. The predicted molar refractivity (Wildman–Crippen MR) is 79.3 cm³/mol. The summed E-state index contributed by atoms with van der Waals surface area (Å²) in [7, 11) is 0. The third kappa shape index (κ3) is 2.68. The van der Waals surface area contributed by atoms with Crippen molar-refractivity contribution < 1.29 is 9.59 Å². The molecule has 0 saturated heterocycles. The van der Waals surface area contributed by atoms with Crippen LogP contribution in [-0.2, 0) is 0 Å². The lowest BCUT2D eigenvalue weighted by atomic mass is 10.2. The second-order valence-corrected chi connectivity index (χ2v) is 4.40. The van der Waals surface area contributed by atoms with Gasteiger partial charge in [-0.15, -0.1) is 0 Å². The maximum Gasteiger partial charge on any atom is 0.323 e. The molecule has 22 heavy (non-hydrogen) atoms. The Labute approximate surface area is 123 Å². The molecule has 9 nitrogen and oxygen atoms in total. The van der Waals surface area contributed by atoms with Crippen LogP contribution < -0.4 is 16.4 Å². The van der Waals surface area contributed by atoms with Crippen molar-refractivity contribution in [3.05, 3.63) is 42.6 Å². The fraction of sp³-hybridized carbons (Fsp3) is 0. The molecule has 0 saturated carbocycles. The zero-order valence-corrected chi connectivity index (χ0v) is 11.2. The van der Waals surface area contributed by atoms with Crippen LogP contribution in [0, 0.1) is 0 Å². The number of nitrogens with one attached hydrogen (secondary N) is 3. The smallest absolute Gasteiger partial charge is 0.323 e. The molecule has 0 aliphatic rings. The van der Waals surface area contributed by atoms with Gasteiger partial charge in [-0.05, 0) is 18.2 Å². The fourth-order valence-electron chi connectivity index (χ4n) is 1.94. The summed E-state index contributed by atoms with van der Waals surface area (Å²) in [6, 6.07) is 4.51. The number of nitrogens with two attached hydrogens (primary N) is 1. The van der Waals surface area contributed by atoms with Crippen molar-refractivity contribution in [2.75, 3.05) is 10.6 Å². The molecule has 0 radical (unpaired) electrons. The van der Waals surface area contributed by atoms with Crippen LogP contribution in [0.4, 0.5) is 16.2 Å². The van der Waals surface area contributed by atoms with Crippen molar-refractivity contribution in [2.24, 2.45) is 5.73 Å². The SMILES string of the molecule is NC(=O)c1n[nH]c2ccc(NC(=O)Nc3cncnc3)cc12. The van der Waals surface area contributed by atoms with Crippen LogP contribution in [0.5, 0.6) is 0 Å². The normalized spacial score (nSPS) is 10.4. The number of anilines is 2. The Morgan fingerprint density at radius 2 is 1.82 bits per heavy atom. The number of hydrogen-bond donors (Lipinski definition) is 4. The van der Waals surface area contributed by atoms with Crippen molar-refractivity contribution >= 4 is 34.2 Å². The number of urea groups is 1. The van der Waals surface area contributed by atoms with Crippen LogP contribution in [0.15, 0.2) is 36.9 Å². The van der Waals surface area contributed by atoms with Gasteiger partial charge in [-0.2, -0.15) is 5.10 Å². The zero-order valence-electron chi connectivity index (χ0n) is 11.2. The average molecular weight is 297 g/mol. The Balaban J connectivity index is 1.80. The van der Waals surface area contributed by atoms with Gasteiger partial charge in [0.05, 0.1) is 23.6 Å². The molecule has 1 aromatic carbocycles. The molecule has 9 heteroatoms. The number of fused-ring (bicyclic) bond motifs is 1. The summed E-state index contributed by atoms with van der Waals surface area (Å²) < 4.78 is 0. The lowest BCUT2D eigenvalue weighted by Gasteiger charge is -2.07. The number of aromatic amines is 1. The Hall–Kier alpha value is -3.49. The minimum absolute atomic E-state index is 0.121. The second-order valence-electron chi connectivity index (χ2n) is 4.40. The summed E-state index contributed by atoms with van der Waals surface area (Å²) in [5.74, 6) is -0.644. The molecule has 3 rings (SSSR count). The highest BCUT2D eigenvalue weighted by atomic mass is 16.2. The van der Waals surface area contributed by atoms with Gasteiger partial charge >= 0.3 is 6.03 Å². The van der Waals surface area contributed by atoms with Crippen molar-refractivity contribution in [3.8, 4) is 0 Å². The number of carbonyl (C=O) groups is 2. The molecule has 2 heterocycles. The van der Waals surface area contributed by atoms with E-state index in [9.17, 15) is 9.59 Å². The van der Waals surface area contributed by atoms with E-state index in [1.54, 1.807) is 18.2 Å². The van der Waals surface area contributed by atoms with Crippen molar-refractivity contribution in [1.29, 1.82) is 0 Å². The predicted octanol–water partition coefficient (Wildman–Crippen LogP) is 1.10. The van der Waals surface area contributed by atoms with Crippen molar-refractivity contribution in [1.82, 2.24) is 20.2 Å². The van der Waals surface area contributed by atoms with Crippen LogP contribution in [-0.4, -0.2) is 32.1 Å². The molecule has 0 atom stereocenters. The molecule has 3 amide bonds. The van der Waals surface area contributed by atoms with E-state index in [2.05, 4.69) is 30.8 Å². The van der Waals surface area contributed by atoms with E-state index in [4.69, 9.17) is 5.73 Å². The molecule has 0 unspecified atom stereocenters. The van der Waals surface area contributed by atoms with Crippen molar-refractivity contribution in [3.63, 3.8) is 0 Å². The molecule has 3 aromatic rings. The van der Waals surface area contributed by atoms with Gasteiger partial charge in [0.2, 0.25) is 0 Å². The summed E-state index contributed by atoms with van der Waals surface area (Å²) in [5.41, 5.74) is 6.96. The molecule has 0 bridgehead atoms. The molecule has 5 N–H and O–H groups in total. The lowest BCUT2D eigenvalue weighted by molar-refractivity contribution is 0.0997. The van der Waals surface area contributed by atoms with E-state index in [0.717, 1.165) is 0 Å². The fourth-order valence-corrected chi connectivity index (χ4v) is 1.94. The van der Waals surface area contributed by atoms with Gasteiger partial charge in [0.15, 0.2) is 5.69 Å². The highest BCUT2D eigenvalue weighted by molar-refractivity contribution is 6.06. The van der Waals surface area contributed by atoms with E-state index < -0.39 is 11.9 Å². The summed E-state index contributed by atoms with van der Waals surface area (Å²) >= 11 is 0. The molecule has 0 aliphatic heterocycles. The lowest BCUT2D eigenvalue weighted by Crippen LogP contribution is -2.19. The zero-order chi connectivity index (χ0) is 15.5. The number of rotatable bonds is 3. The first-order chi connectivity index (χ1) is 10.6. The summed E-state index contributed by atoms with van der Waals surface area (Å²) in [4.78, 5) is 30.7. The largest absolute Gasteiger partial charge is 0.364 e. The Bertz CT molecular complexity index is 844. The standard InChI is InChI=1S/C13H11N7O2/c14-12(21)11-9-3-7(1-2-10(9)19-20-11)17-13(22)18-8-4-15-6-16-5-8/h1-6H,(H2,14,21)(H,19,20)(H2,17,18,22). The van der Waals surface area contributed by atoms with Gasteiger partial charge < -0.3 is 16.4 Å². The van der Waals surface area contributed by atoms with Gasteiger partial charge in [-0.25, -0.2) is 14.8 Å². The Morgan fingerprint density at radius 3 is 2.55 bits per heavy atom. The number of amides is 3. The summed E-state index contributed by atoms with van der Waals surface area (Å²) in [5, 5.41) is 12.3. The molecule has 2 aromatic heterocycles. The number of carbonyl (C=O) groups excluding carboxylic acids is 2. The number of aromatic nitrogens is 4. The number of benzene rings is 1. The van der Waals surface area contributed by atoms with E-state index in [-0.39, 0.29) is 5.69 Å². The Kier molecular flexibility index (Phi) is 3.36. The second kappa shape index (κ2) is 5.48. The molecule has 110 valence electrons. The van der Waals surface area contributed by atoms with Gasteiger partial charge in [0.1, 0.15) is 6.33 Å². The molecule has 0 fully saturated rings. The van der Waals surface area contributed by atoms with Crippen LogP contribution in [0.3, 0.4) is 0 Å². The van der Waals surface area contributed by atoms with E-state index in [0.29, 0.717) is 22.3 Å². The highest BCUT2D eigenvalue weighted by Gasteiger charge is 2.12. The van der Waals surface area contributed by atoms with E-state index in [1.807, 2.05) is 0 Å². The first-order valence-electron chi connectivity index (χ1n) is 6.24. The maximum absolute atomic E-state index is 11.9. The van der Waals surface area contributed by atoms with Gasteiger partial charge in [0.25, 0.3) is 5.91 Å². The molecular formula is C13H11N7O2. The van der Waals surface area contributed by atoms with Crippen LogP contribution >= 0.6 is 0 Å². The van der Waals surface area contributed by atoms with Gasteiger partial charge in [0, 0.05) is 11.1 Å². The number of hydrogen-bond acceptors (Lipinski definition) is 5. The van der Waals surface area contributed by atoms with Crippen LogP contribution in [0.25, 0.3) is 10.9 Å². The average Bonchev–Trinajstić information content (AvgIpc) is 2.91. The third-order valence-electron chi connectivity index (χ3n) is 2.87. The molecule has 0 aliphatic carbocycles. The van der Waals surface area contributed by atoms with Gasteiger partial charge in [-0.1, -0.05) is 0 Å². The first-order valence-corrected chi connectivity index (χ1v) is 6.24. The summed E-state index contributed by atoms with van der Waals surface area (Å²) in [6.07, 6.45) is 4.30.